The molecule has 1 aliphatic carbocycles. The Hall–Kier alpha value is -4.72. The van der Waals surface area contributed by atoms with Gasteiger partial charge in [-0.1, -0.05) is 48.5 Å². The van der Waals surface area contributed by atoms with Crippen LogP contribution in [0.3, 0.4) is 0 Å². The summed E-state index contributed by atoms with van der Waals surface area (Å²) in [5.41, 5.74) is 5.85. The number of nitrogens with one attached hydrogen (secondary N) is 2. The van der Waals surface area contributed by atoms with Gasteiger partial charge in [0.2, 0.25) is 0 Å². The second kappa shape index (κ2) is 10.7. The second-order valence-corrected chi connectivity index (χ2v) is 8.95. The molecule has 8 heteroatoms. The zero-order valence-corrected chi connectivity index (χ0v) is 21.2. The average molecular weight is 510 g/mol. The molecule has 38 heavy (non-hydrogen) atoms. The van der Waals surface area contributed by atoms with Gasteiger partial charge >= 0.3 is 5.97 Å². The zero-order chi connectivity index (χ0) is 26.6. The van der Waals surface area contributed by atoms with Crippen molar-refractivity contribution in [3.05, 3.63) is 101 Å². The third-order valence-corrected chi connectivity index (χ3v) is 6.53. The Balaban J connectivity index is 1.40. The SMILES string of the molecule is CCOC(=O)c1ccccc1NC(=O)c1oc2c(c1C)/C(=N/NC(=O)c1cccc3ccccc13)CCC2. The Morgan fingerprint density at radius 3 is 2.50 bits per heavy atom. The Kier molecular flexibility index (Phi) is 7.04. The molecule has 0 fully saturated rings. The van der Waals surface area contributed by atoms with Crippen molar-refractivity contribution in [2.45, 2.75) is 33.1 Å². The minimum absolute atomic E-state index is 0.142. The molecule has 1 heterocycles. The highest BCUT2D eigenvalue weighted by molar-refractivity contribution is 6.12. The van der Waals surface area contributed by atoms with Gasteiger partial charge in [-0.3, -0.25) is 9.59 Å². The highest BCUT2D eigenvalue weighted by atomic mass is 16.5. The number of esters is 1. The zero-order valence-electron chi connectivity index (χ0n) is 21.2. The van der Waals surface area contributed by atoms with Crippen LogP contribution in [0.1, 0.15) is 67.9 Å². The molecule has 0 unspecified atom stereocenters. The molecule has 0 saturated heterocycles. The molecule has 4 aromatic rings. The third kappa shape index (κ3) is 4.80. The number of furan rings is 1. The van der Waals surface area contributed by atoms with E-state index in [2.05, 4.69) is 15.8 Å². The standard InChI is InChI=1S/C30H27N3O5/c1-3-37-30(36)22-13-6-7-15-23(22)31-29(35)27-18(2)26-24(16-9-17-25(26)38-27)32-33-28(34)21-14-8-11-19-10-4-5-12-20(19)21/h4-8,10-15H,3,9,16-17H2,1-2H3,(H,31,35)(H,33,34)/b32-24+. The van der Waals surface area contributed by atoms with Crippen LogP contribution in [0.25, 0.3) is 10.8 Å². The molecule has 1 aliphatic rings. The van der Waals surface area contributed by atoms with Crippen LogP contribution in [-0.4, -0.2) is 30.1 Å². The fourth-order valence-corrected chi connectivity index (χ4v) is 4.76. The van der Waals surface area contributed by atoms with Gasteiger partial charge < -0.3 is 14.5 Å². The number of nitrogens with zero attached hydrogens (tertiary/aromatic N) is 1. The van der Waals surface area contributed by atoms with Crippen molar-refractivity contribution in [1.29, 1.82) is 0 Å². The predicted molar refractivity (Wildman–Crippen MR) is 145 cm³/mol. The van der Waals surface area contributed by atoms with Crippen LogP contribution in [0, 0.1) is 6.92 Å². The van der Waals surface area contributed by atoms with Gasteiger partial charge in [0.15, 0.2) is 5.76 Å². The van der Waals surface area contributed by atoms with Crippen LogP contribution in [0.5, 0.6) is 0 Å². The van der Waals surface area contributed by atoms with Crippen molar-refractivity contribution in [1.82, 2.24) is 5.43 Å². The Morgan fingerprint density at radius 1 is 0.921 bits per heavy atom. The van der Waals surface area contributed by atoms with Crippen LogP contribution < -0.4 is 10.7 Å². The first-order valence-corrected chi connectivity index (χ1v) is 12.5. The Morgan fingerprint density at radius 2 is 1.66 bits per heavy atom. The number of aryl methyl sites for hydroxylation is 1. The summed E-state index contributed by atoms with van der Waals surface area (Å²) >= 11 is 0. The average Bonchev–Trinajstić information content (AvgIpc) is 3.29. The lowest BCUT2D eigenvalue weighted by atomic mass is 9.93. The minimum Gasteiger partial charge on any atom is -0.462 e. The molecule has 2 N–H and O–H groups in total. The van der Waals surface area contributed by atoms with E-state index in [9.17, 15) is 14.4 Å². The van der Waals surface area contributed by atoms with Crippen molar-refractivity contribution >= 4 is 40.0 Å². The highest BCUT2D eigenvalue weighted by Crippen LogP contribution is 2.31. The number of rotatable bonds is 6. The first-order valence-electron chi connectivity index (χ1n) is 12.5. The number of fused-ring (bicyclic) bond motifs is 2. The number of para-hydroxylation sites is 1. The molecule has 3 aromatic carbocycles. The van der Waals surface area contributed by atoms with E-state index in [0.29, 0.717) is 41.1 Å². The quantitative estimate of drug-likeness (QED) is 0.258. The van der Waals surface area contributed by atoms with Crippen LogP contribution in [-0.2, 0) is 11.2 Å². The van der Waals surface area contributed by atoms with E-state index in [0.717, 1.165) is 22.8 Å². The van der Waals surface area contributed by atoms with Gasteiger partial charge in [0.1, 0.15) is 5.76 Å². The summed E-state index contributed by atoms with van der Waals surface area (Å²) in [6.07, 6.45) is 2.06. The molecule has 192 valence electrons. The normalized spacial score (nSPS) is 13.7. The summed E-state index contributed by atoms with van der Waals surface area (Å²) in [5.74, 6) is -0.515. The van der Waals surface area contributed by atoms with Gasteiger partial charge in [-0.05, 0) is 55.7 Å². The minimum atomic E-state index is -0.518. The van der Waals surface area contributed by atoms with Gasteiger partial charge in [0.25, 0.3) is 11.8 Å². The van der Waals surface area contributed by atoms with Crippen LogP contribution in [0.15, 0.2) is 76.2 Å². The van der Waals surface area contributed by atoms with Gasteiger partial charge in [-0.25, -0.2) is 10.2 Å². The molecule has 5 rings (SSSR count). The summed E-state index contributed by atoms with van der Waals surface area (Å²) in [4.78, 5) is 38.5. The van der Waals surface area contributed by atoms with Crippen molar-refractivity contribution in [2.75, 3.05) is 11.9 Å². The van der Waals surface area contributed by atoms with Gasteiger partial charge in [0.05, 0.1) is 23.6 Å². The Labute approximate surface area is 219 Å². The maximum atomic E-state index is 13.2. The molecule has 0 aliphatic heterocycles. The maximum absolute atomic E-state index is 13.2. The highest BCUT2D eigenvalue weighted by Gasteiger charge is 2.29. The number of hydrazone groups is 1. The van der Waals surface area contributed by atoms with Crippen molar-refractivity contribution in [3.63, 3.8) is 0 Å². The molecular formula is C30H27N3O5. The fraction of sp³-hybridized carbons (Fsp3) is 0.200. The van der Waals surface area contributed by atoms with Crippen molar-refractivity contribution in [3.8, 4) is 0 Å². The number of carbonyl (C=O) groups is 3. The van der Waals surface area contributed by atoms with E-state index in [4.69, 9.17) is 9.15 Å². The van der Waals surface area contributed by atoms with Crippen molar-refractivity contribution < 1.29 is 23.5 Å². The van der Waals surface area contributed by atoms with E-state index in [1.807, 2.05) is 36.4 Å². The number of benzene rings is 3. The third-order valence-electron chi connectivity index (χ3n) is 6.53. The molecule has 0 spiro atoms. The summed E-state index contributed by atoms with van der Waals surface area (Å²) in [5, 5.41) is 9.04. The van der Waals surface area contributed by atoms with E-state index in [1.165, 1.54) is 0 Å². The number of ether oxygens (including phenoxy) is 1. The molecule has 0 radical (unpaired) electrons. The van der Waals surface area contributed by atoms with E-state index < -0.39 is 11.9 Å². The van der Waals surface area contributed by atoms with Gasteiger partial charge in [-0.2, -0.15) is 5.10 Å². The molecule has 0 saturated carbocycles. The van der Waals surface area contributed by atoms with Crippen molar-refractivity contribution in [2.24, 2.45) is 5.10 Å². The molecule has 0 bridgehead atoms. The monoisotopic (exact) mass is 509 g/mol. The number of carbonyl (C=O) groups excluding carboxylic acids is 3. The van der Waals surface area contributed by atoms with Crippen LogP contribution in [0.2, 0.25) is 0 Å². The summed E-state index contributed by atoms with van der Waals surface area (Å²) < 4.78 is 11.1. The molecular weight excluding hydrogens is 482 g/mol. The lowest BCUT2D eigenvalue weighted by molar-refractivity contribution is 0.0527. The summed E-state index contributed by atoms with van der Waals surface area (Å²) in [6, 6.07) is 19.9. The van der Waals surface area contributed by atoms with E-state index in [1.54, 1.807) is 44.2 Å². The van der Waals surface area contributed by atoms with E-state index in [-0.39, 0.29) is 23.8 Å². The first kappa shape index (κ1) is 25.0. The van der Waals surface area contributed by atoms with Gasteiger partial charge in [0, 0.05) is 23.1 Å². The lowest BCUT2D eigenvalue weighted by Gasteiger charge is -2.13. The molecule has 0 atom stereocenters. The molecule has 2 amide bonds. The van der Waals surface area contributed by atoms with Crippen LogP contribution >= 0.6 is 0 Å². The number of hydrogen-bond donors (Lipinski definition) is 2. The maximum Gasteiger partial charge on any atom is 0.340 e. The smallest absolute Gasteiger partial charge is 0.340 e. The predicted octanol–water partition coefficient (Wildman–Crippen LogP) is 5.64. The number of anilines is 1. The van der Waals surface area contributed by atoms with Gasteiger partial charge in [-0.15, -0.1) is 0 Å². The first-order chi connectivity index (χ1) is 18.5. The molecule has 8 nitrogen and oxygen atoms in total. The topological polar surface area (TPSA) is 110 Å². The lowest BCUT2D eigenvalue weighted by Crippen LogP contribution is -2.22. The fourth-order valence-electron chi connectivity index (χ4n) is 4.76. The summed E-state index contributed by atoms with van der Waals surface area (Å²) in [7, 11) is 0. The second-order valence-electron chi connectivity index (χ2n) is 8.95. The van der Waals surface area contributed by atoms with Crippen LogP contribution in [0.4, 0.5) is 5.69 Å². The number of amides is 2. The number of hydrogen-bond acceptors (Lipinski definition) is 6. The van der Waals surface area contributed by atoms with E-state index >= 15 is 0 Å². The molecule has 1 aromatic heterocycles. The Bertz CT molecular complexity index is 1580. The largest absolute Gasteiger partial charge is 0.462 e. The summed E-state index contributed by atoms with van der Waals surface area (Å²) in [6.45, 7) is 3.74.